The van der Waals surface area contributed by atoms with Crippen molar-refractivity contribution in [3.63, 3.8) is 0 Å². The highest BCUT2D eigenvalue weighted by Crippen LogP contribution is 2.43. The van der Waals surface area contributed by atoms with Crippen molar-refractivity contribution >= 4 is 6.09 Å². The minimum absolute atomic E-state index is 0.0475. The van der Waals surface area contributed by atoms with Crippen LogP contribution in [0.1, 0.15) is 17.0 Å². The average molecular weight is 255 g/mol. The number of carbonyl (C=O) groups excluding carboxylic acids is 1. The van der Waals surface area contributed by atoms with Crippen LogP contribution in [0.2, 0.25) is 0 Å². The molecule has 2 aromatic carbocycles. The van der Waals surface area contributed by atoms with E-state index in [9.17, 15) is 4.79 Å². The number of ether oxygens (including phenoxy) is 2. The molecule has 4 heteroatoms. The molecule has 4 nitrogen and oxygen atoms in total. The lowest BCUT2D eigenvalue weighted by atomic mass is 9.89. The predicted molar refractivity (Wildman–Crippen MR) is 70.3 cm³/mol. The maximum Gasteiger partial charge on any atom is 0.404 e. The fraction of sp³-hybridized carbons (Fsp3) is 0.133. The van der Waals surface area contributed by atoms with Crippen LogP contribution >= 0.6 is 0 Å². The summed E-state index contributed by atoms with van der Waals surface area (Å²) in [6.45, 7) is 0.215. The molecule has 0 atom stereocenters. The predicted octanol–water partition coefficient (Wildman–Crippen LogP) is 3.02. The minimum Gasteiger partial charge on any atom is -0.457 e. The number of amides is 1. The molecule has 0 aliphatic carbocycles. The second-order valence-electron chi connectivity index (χ2n) is 4.36. The summed E-state index contributed by atoms with van der Waals surface area (Å²) in [5, 5.41) is 0. The van der Waals surface area contributed by atoms with Crippen molar-refractivity contribution in [2.75, 3.05) is 6.61 Å². The summed E-state index contributed by atoms with van der Waals surface area (Å²) in [6, 6.07) is 15.5. The summed E-state index contributed by atoms with van der Waals surface area (Å²) in [6.07, 6.45) is -0.763. The van der Waals surface area contributed by atoms with Crippen molar-refractivity contribution in [1.29, 1.82) is 0 Å². The molecule has 0 saturated heterocycles. The van der Waals surface area contributed by atoms with E-state index in [0.29, 0.717) is 0 Å². The molecule has 2 N–H and O–H groups in total. The Labute approximate surface area is 110 Å². The fourth-order valence-corrected chi connectivity index (χ4v) is 2.35. The molecule has 0 bridgehead atoms. The number of carbonyl (C=O) groups is 1. The first-order valence-corrected chi connectivity index (χ1v) is 6.03. The number of primary amides is 1. The van der Waals surface area contributed by atoms with Gasteiger partial charge in [-0.2, -0.15) is 0 Å². The molecule has 0 radical (unpaired) electrons. The summed E-state index contributed by atoms with van der Waals surface area (Å²) in [5.41, 5.74) is 7.06. The third-order valence-corrected chi connectivity index (χ3v) is 3.20. The lowest BCUT2D eigenvalue weighted by Crippen LogP contribution is -2.20. The van der Waals surface area contributed by atoms with Gasteiger partial charge in [-0.05, 0) is 12.1 Å². The molecule has 0 spiro atoms. The second kappa shape index (κ2) is 4.65. The molecule has 0 fully saturated rings. The van der Waals surface area contributed by atoms with E-state index < -0.39 is 6.09 Å². The van der Waals surface area contributed by atoms with Gasteiger partial charge in [-0.1, -0.05) is 36.4 Å². The summed E-state index contributed by atoms with van der Waals surface area (Å²) < 4.78 is 10.8. The van der Waals surface area contributed by atoms with Crippen LogP contribution in [0.5, 0.6) is 11.5 Å². The standard InChI is InChI=1S/C15H13NO3/c16-15(17)18-9-12-10-5-1-3-7-13(10)19-14-8-4-2-6-11(12)14/h1-8,12H,9H2,(H2,16,17). The van der Waals surface area contributed by atoms with Gasteiger partial charge < -0.3 is 15.2 Å². The summed E-state index contributed by atoms with van der Waals surface area (Å²) in [5.74, 6) is 1.53. The molecular weight excluding hydrogens is 242 g/mol. The van der Waals surface area contributed by atoms with Gasteiger partial charge in [0.25, 0.3) is 0 Å². The first-order chi connectivity index (χ1) is 9.25. The molecule has 19 heavy (non-hydrogen) atoms. The largest absolute Gasteiger partial charge is 0.457 e. The zero-order chi connectivity index (χ0) is 13.2. The van der Waals surface area contributed by atoms with E-state index in [4.69, 9.17) is 15.2 Å². The van der Waals surface area contributed by atoms with E-state index >= 15 is 0 Å². The van der Waals surface area contributed by atoms with Crippen LogP contribution < -0.4 is 10.5 Å². The summed E-state index contributed by atoms with van der Waals surface area (Å²) >= 11 is 0. The van der Waals surface area contributed by atoms with Crippen LogP contribution in [0, 0.1) is 0 Å². The van der Waals surface area contributed by atoms with Gasteiger partial charge in [0, 0.05) is 11.1 Å². The van der Waals surface area contributed by atoms with E-state index in [1.807, 2.05) is 48.5 Å². The molecule has 3 rings (SSSR count). The normalized spacial score (nSPS) is 13.1. The number of fused-ring (bicyclic) bond motifs is 2. The van der Waals surface area contributed by atoms with Gasteiger partial charge in [-0.3, -0.25) is 0 Å². The molecule has 1 aliphatic rings. The Hall–Kier alpha value is -2.49. The van der Waals surface area contributed by atoms with Crippen LogP contribution in [0.15, 0.2) is 48.5 Å². The monoisotopic (exact) mass is 255 g/mol. The Bertz CT molecular complexity index is 579. The maximum absolute atomic E-state index is 10.8. The van der Waals surface area contributed by atoms with Crippen LogP contribution in [0.3, 0.4) is 0 Å². The van der Waals surface area contributed by atoms with Crippen molar-refractivity contribution in [2.24, 2.45) is 5.73 Å². The Morgan fingerprint density at radius 3 is 2.11 bits per heavy atom. The van der Waals surface area contributed by atoms with Gasteiger partial charge in [-0.25, -0.2) is 4.79 Å². The van der Waals surface area contributed by atoms with E-state index in [-0.39, 0.29) is 12.5 Å². The third kappa shape index (κ3) is 2.12. The second-order valence-corrected chi connectivity index (χ2v) is 4.36. The zero-order valence-electron chi connectivity index (χ0n) is 10.2. The topological polar surface area (TPSA) is 61.6 Å². The van der Waals surface area contributed by atoms with Crippen LogP contribution in [-0.4, -0.2) is 12.7 Å². The number of hydrogen-bond acceptors (Lipinski definition) is 3. The number of benzene rings is 2. The molecule has 0 saturated carbocycles. The quantitative estimate of drug-likeness (QED) is 0.897. The maximum atomic E-state index is 10.8. The van der Waals surface area contributed by atoms with Gasteiger partial charge in [-0.15, -0.1) is 0 Å². The summed E-state index contributed by atoms with van der Waals surface area (Å²) in [4.78, 5) is 10.8. The van der Waals surface area contributed by atoms with Crippen molar-refractivity contribution in [1.82, 2.24) is 0 Å². The fourth-order valence-electron chi connectivity index (χ4n) is 2.35. The molecule has 1 amide bonds. The first-order valence-electron chi connectivity index (χ1n) is 6.03. The first kappa shape index (κ1) is 11.6. The van der Waals surface area contributed by atoms with Crippen molar-refractivity contribution < 1.29 is 14.3 Å². The molecule has 1 aliphatic heterocycles. The average Bonchev–Trinajstić information content (AvgIpc) is 2.43. The van der Waals surface area contributed by atoms with Crippen LogP contribution in [0.25, 0.3) is 0 Å². The molecule has 0 unspecified atom stereocenters. The van der Waals surface area contributed by atoms with Gasteiger partial charge in [0.1, 0.15) is 18.1 Å². The van der Waals surface area contributed by atoms with Crippen LogP contribution in [-0.2, 0) is 4.74 Å². The third-order valence-electron chi connectivity index (χ3n) is 3.20. The Morgan fingerprint density at radius 1 is 1.05 bits per heavy atom. The molecule has 96 valence electrons. The highest BCUT2D eigenvalue weighted by atomic mass is 16.5. The van der Waals surface area contributed by atoms with E-state index in [0.717, 1.165) is 22.6 Å². The Kier molecular flexibility index (Phi) is 2.83. The van der Waals surface area contributed by atoms with E-state index in [2.05, 4.69) is 0 Å². The Morgan fingerprint density at radius 2 is 1.58 bits per heavy atom. The number of hydrogen-bond donors (Lipinski definition) is 1. The smallest absolute Gasteiger partial charge is 0.404 e. The molecular formula is C15H13NO3. The van der Waals surface area contributed by atoms with Gasteiger partial charge >= 0.3 is 6.09 Å². The highest BCUT2D eigenvalue weighted by molar-refractivity contribution is 5.65. The molecule has 0 aromatic heterocycles. The lowest BCUT2D eigenvalue weighted by molar-refractivity contribution is 0.151. The van der Waals surface area contributed by atoms with E-state index in [1.54, 1.807) is 0 Å². The van der Waals surface area contributed by atoms with Crippen molar-refractivity contribution in [2.45, 2.75) is 5.92 Å². The van der Waals surface area contributed by atoms with Crippen molar-refractivity contribution in [3.05, 3.63) is 59.7 Å². The van der Waals surface area contributed by atoms with Gasteiger partial charge in [0.15, 0.2) is 0 Å². The van der Waals surface area contributed by atoms with Crippen LogP contribution in [0.4, 0.5) is 4.79 Å². The van der Waals surface area contributed by atoms with Crippen molar-refractivity contribution in [3.8, 4) is 11.5 Å². The van der Waals surface area contributed by atoms with Gasteiger partial charge in [0.05, 0.1) is 5.92 Å². The van der Waals surface area contributed by atoms with E-state index in [1.165, 1.54) is 0 Å². The molecule has 2 aromatic rings. The Balaban J connectivity index is 2.03. The highest BCUT2D eigenvalue weighted by Gasteiger charge is 2.27. The lowest BCUT2D eigenvalue weighted by Gasteiger charge is -2.27. The van der Waals surface area contributed by atoms with Gasteiger partial charge in [0.2, 0.25) is 0 Å². The SMILES string of the molecule is NC(=O)OCC1c2ccccc2Oc2ccccc21. The zero-order valence-corrected chi connectivity index (χ0v) is 10.2. The number of nitrogens with two attached hydrogens (primary N) is 1. The number of para-hydroxylation sites is 2. The number of rotatable bonds is 2. The molecule has 1 heterocycles. The summed E-state index contributed by atoms with van der Waals surface area (Å²) in [7, 11) is 0. The minimum atomic E-state index is -0.763.